The highest BCUT2D eigenvalue weighted by molar-refractivity contribution is 5.44. The Labute approximate surface area is 107 Å². The molecule has 0 aliphatic heterocycles. The van der Waals surface area contributed by atoms with E-state index in [2.05, 4.69) is 28.7 Å². The lowest BCUT2D eigenvalue weighted by atomic mass is 10.2. The van der Waals surface area contributed by atoms with Gasteiger partial charge in [-0.2, -0.15) is 0 Å². The fourth-order valence-electron chi connectivity index (χ4n) is 1.85. The van der Waals surface area contributed by atoms with Gasteiger partial charge in [0.25, 0.3) is 0 Å². The molecule has 2 N–H and O–H groups in total. The Balaban J connectivity index is 2.00. The van der Waals surface area contributed by atoms with Crippen molar-refractivity contribution in [1.29, 1.82) is 0 Å². The van der Waals surface area contributed by atoms with Crippen LogP contribution in [0.25, 0.3) is 0 Å². The molecule has 2 rings (SSSR count). The summed E-state index contributed by atoms with van der Waals surface area (Å²) >= 11 is 0. The van der Waals surface area contributed by atoms with Gasteiger partial charge in [-0.25, -0.2) is 4.98 Å². The first-order valence-corrected chi connectivity index (χ1v) is 6.15. The number of hydrogen-bond donors (Lipinski definition) is 2. The maximum atomic E-state index is 8.97. The van der Waals surface area contributed by atoms with Crippen LogP contribution in [0.15, 0.2) is 36.8 Å². The number of benzene rings is 1. The summed E-state index contributed by atoms with van der Waals surface area (Å²) in [6, 6.07) is 8.20. The quantitative estimate of drug-likeness (QED) is 0.851. The monoisotopic (exact) mass is 245 g/mol. The summed E-state index contributed by atoms with van der Waals surface area (Å²) in [5.41, 5.74) is 3.13. The van der Waals surface area contributed by atoms with Crippen LogP contribution in [0.4, 0.5) is 5.69 Å². The first kappa shape index (κ1) is 12.6. The predicted molar refractivity (Wildman–Crippen MR) is 72.3 cm³/mol. The van der Waals surface area contributed by atoms with Crippen LogP contribution in [0, 0.1) is 0 Å². The van der Waals surface area contributed by atoms with Gasteiger partial charge in [-0.3, -0.25) is 0 Å². The average molecular weight is 245 g/mol. The molecule has 0 spiro atoms. The number of aliphatic hydroxyl groups excluding tert-OH is 1. The van der Waals surface area contributed by atoms with Crippen molar-refractivity contribution >= 4 is 5.69 Å². The van der Waals surface area contributed by atoms with Gasteiger partial charge in [0.15, 0.2) is 0 Å². The van der Waals surface area contributed by atoms with E-state index in [4.69, 9.17) is 5.11 Å². The lowest BCUT2D eigenvalue weighted by Crippen LogP contribution is -2.08. The standard InChI is InChI=1S/C14H19N3O/c1-11(2)17-10-15-7-14(17)8-16-13-5-3-12(9-18)4-6-13/h3-7,10-11,16,18H,8-9H2,1-2H3. The van der Waals surface area contributed by atoms with Gasteiger partial charge in [0.2, 0.25) is 0 Å². The van der Waals surface area contributed by atoms with E-state index in [-0.39, 0.29) is 6.61 Å². The normalized spacial score (nSPS) is 10.9. The maximum Gasteiger partial charge on any atom is 0.0951 e. The van der Waals surface area contributed by atoms with Crippen molar-refractivity contribution in [3.63, 3.8) is 0 Å². The van der Waals surface area contributed by atoms with Gasteiger partial charge in [0.1, 0.15) is 0 Å². The van der Waals surface area contributed by atoms with Gasteiger partial charge in [-0.05, 0) is 31.5 Å². The van der Waals surface area contributed by atoms with Crippen LogP contribution in [0.5, 0.6) is 0 Å². The summed E-state index contributed by atoms with van der Waals surface area (Å²) in [4.78, 5) is 4.17. The number of hydrogen-bond acceptors (Lipinski definition) is 3. The van der Waals surface area contributed by atoms with Gasteiger partial charge in [-0.15, -0.1) is 0 Å². The van der Waals surface area contributed by atoms with Gasteiger partial charge in [-0.1, -0.05) is 12.1 Å². The second-order valence-electron chi connectivity index (χ2n) is 4.59. The molecule has 4 nitrogen and oxygen atoms in total. The second-order valence-corrected chi connectivity index (χ2v) is 4.59. The number of imidazole rings is 1. The number of rotatable bonds is 5. The van der Waals surface area contributed by atoms with Crippen LogP contribution >= 0.6 is 0 Å². The van der Waals surface area contributed by atoms with Crippen LogP contribution in [0.3, 0.4) is 0 Å². The molecule has 0 bridgehead atoms. The zero-order valence-corrected chi connectivity index (χ0v) is 10.8. The van der Waals surface area contributed by atoms with Crippen LogP contribution in [0.1, 0.15) is 31.1 Å². The van der Waals surface area contributed by atoms with Crippen molar-refractivity contribution in [2.75, 3.05) is 5.32 Å². The van der Waals surface area contributed by atoms with Crippen LogP contribution < -0.4 is 5.32 Å². The minimum Gasteiger partial charge on any atom is -0.392 e. The van der Waals surface area contributed by atoms with Gasteiger partial charge < -0.3 is 15.0 Å². The molecule has 1 aromatic heterocycles. The zero-order valence-electron chi connectivity index (χ0n) is 10.8. The van der Waals surface area contributed by atoms with E-state index < -0.39 is 0 Å². The third kappa shape index (κ3) is 2.90. The maximum absolute atomic E-state index is 8.97. The van der Waals surface area contributed by atoms with Gasteiger partial charge in [0, 0.05) is 17.9 Å². The summed E-state index contributed by atoms with van der Waals surface area (Å²) in [7, 11) is 0. The Morgan fingerprint density at radius 3 is 2.61 bits per heavy atom. The first-order chi connectivity index (χ1) is 8.70. The smallest absolute Gasteiger partial charge is 0.0951 e. The number of nitrogens with one attached hydrogen (secondary N) is 1. The first-order valence-electron chi connectivity index (χ1n) is 6.15. The summed E-state index contributed by atoms with van der Waals surface area (Å²) in [6.07, 6.45) is 3.74. The molecule has 0 aliphatic carbocycles. The summed E-state index contributed by atoms with van der Waals surface area (Å²) < 4.78 is 2.15. The van der Waals surface area contributed by atoms with Crippen molar-refractivity contribution in [1.82, 2.24) is 9.55 Å². The minimum absolute atomic E-state index is 0.0837. The second kappa shape index (κ2) is 5.69. The van der Waals surface area contributed by atoms with Crippen LogP contribution in [-0.4, -0.2) is 14.7 Å². The highest BCUT2D eigenvalue weighted by atomic mass is 16.3. The van der Waals surface area contributed by atoms with E-state index in [0.29, 0.717) is 6.04 Å². The molecule has 18 heavy (non-hydrogen) atoms. The summed E-state index contributed by atoms with van der Waals surface area (Å²) in [5, 5.41) is 12.3. The Hall–Kier alpha value is -1.81. The van der Waals surface area contributed by atoms with Crippen molar-refractivity contribution in [2.45, 2.75) is 33.0 Å². The molecule has 0 amide bonds. The van der Waals surface area contributed by atoms with Crippen molar-refractivity contribution in [2.24, 2.45) is 0 Å². The third-order valence-corrected chi connectivity index (χ3v) is 2.91. The molecule has 4 heteroatoms. The molecule has 0 saturated heterocycles. The molecule has 0 atom stereocenters. The Bertz CT molecular complexity index is 488. The Morgan fingerprint density at radius 1 is 1.28 bits per heavy atom. The van der Waals surface area contributed by atoms with Gasteiger partial charge >= 0.3 is 0 Å². The van der Waals surface area contributed by atoms with E-state index in [1.165, 1.54) is 0 Å². The molecule has 0 saturated carbocycles. The molecule has 1 heterocycles. The zero-order chi connectivity index (χ0) is 13.0. The van der Waals surface area contributed by atoms with E-state index in [9.17, 15) is 0 Å². The molecule has 0 radical (unpaired) electrons. The summed E-state index contributed by atoms with van der Waals surface area (Å²) in [5.74, 6) is 0. The van der Waals surface area contributed by atoms with Crippen molar-refractivity contribution < 1.29 is 5.11 Å². The number of aromatic nitrogens is 2. The van der Waals surface area contributed by atoms with Crippen LogP contribution in [0.2, 0.25) is 0 Å². The average Bonchev–Trinajstić information content (AvgIpc) is 2.85. The number of aliphatic hydroxyl groups is 1. The number of anilines is 1. The SMILES string of the molecule is CC(C)n1cncc1CNc1ccc(CO)cc1. The van der Waals surface area contributed by atoms with E-state index >= 15 is 0 Å². The lowest BCUT2D eigenvalue weighted by Gasteiger charge is -2.13. The molecule has 0 unspecified atom stereocenters. The molecule has 96 valence electrons. The molecule has 0 fully saturated rings. The predicted octanol–water partition coefficient (Wildman–Crippen LogP) is 2.57. The molecule has 0 aliphatic rings. The highest BCUT2D eigenvalue weighted by Crippen LogP contribution is 2.13. The fraction of sp³-hybridized carbons (Fsp3) is 0.357. The van der Waals surface area contributed by atoms with E-state index in [1.807, 2.05) is 36.8 Å². The molecule has 2 aromatic rings. The Morgan fingerprint density at radius 2 is 2.00 bits per heavy atom. The molecular formula is C14H19N3O. The topological polar surface area (TPSA) is 50.1 Å². The Kier molecular flexibility index (Phi) is 3.99. The number of nitrogens with zero attached hydrogens (tertiary/aromatic N) is 2. The van der Waals surface area contributed by atoms with E-state index in [0.717, 1.165) is 23.5 Å². The molecular weight excluding hydrogens is 226 g/mol. The van der Waals surface area contributed by atoms with E-state index in [1.54, 1.807) is 0 Å². The van der Waals surface area contributed by atoms with Crippen LogP contribution in [-0.2, 0) is 13.2 Å². The van der Waals surface area contributed by atoms with Crippen molar-refractivity contribution in [3.8, 4) is 0 Å². The van der Waals surface area contributed by atoms with Gasteiger partial charge in [0.05, 0.1) is 25.2 Å². The highest BCUT2D eigenvalue weighted by Gasteiger charge is 2.04. The third-order valence-electron chi connectivity index (χ3n) is 2.91. The largest absolute Gasteiger partial charge is 0.392 e. The lowest BCUT2D eigenvalue weighted by molar-refractivity contribution is 0.282. The van der Waals surface area contributed by atoms with Crippen molar-refractivity contribution in [3.05, 3.63) is 48.0 Å². The minimum atomic E-state index is 0.0837. The summed E-state index contributed by atoms with van der Waals surface area (Å²) in [6.45, 7) is 5.11. The fourth-order valence-corrected chi connectivity index (χ4v) is 1.85. The molecule has 1 aromatic carbocycles.